The van der Waals surface area contributed by atoms with Crippen LogP contribution < -0.4 is 5.32 Å². The van der Waals surface area contributed by atoms with Gasteiger partial charge in [0.15, 0.2) is 5.65 Å². The number of fused-ring (bicyclic) bond motifs is 1. The van der Waals surface area contributed by atoms with Crippen LogP contribution in [0.15, 0.2) is 30.9 Å². The van der Waals surface area contributed by atoms with Gasteiger partial charge in [0.2, 0.25) is 0 Å². The third kappa shape index (κ3) is 3.37. The van der Waals surface area contributed by atoms with Crippen molar-refractivity contribution in [2.24, 2.45) is 5.92 Å². The molecule has 0 aliphatic carbocycles. The molecule has 0 unspecified atom stereocenters. The van der Waals surface area contributed by atoms with Gasteiger partial charge in [0.1, 0.15) is 12.1 Å². The molecule has 3 aromatic heterocycles. The van der Waals surface area contributed by atoms with Crippen LogP contribution in [-0.2, 0) is 5.54 Å². The van der Waals surface area contributed by atoms with Gasteiger partial charge in [-0.1, -0.05) is 13.8 Å². The van der Waals surface area contributed by atoms with Crippen molar-refractivity contribution in [1.29, 1.82) is 0 Å². The fraction of sp³-hybridized carbons (Fsp3) is 0.444. The summed E-state index contributed by atoms with van der Waals surface area (Å²) in [6.45, 7) is 11.6. The highest BCUT2D eigenvalue weighted by atomic mass is 15.3. The molecule has 3 rings (SSSR count). The first-order valence-electron chi connectivity index (χ1n) is 8.25. The van der Waals surface area contributed by atoms with E-state index in [9.17, 15) is 0 Å². The van der Waals surface area contributed by atoms with Crippen molar-refractivity contribution in [3.63, 3.8) is 0 Å². The highest BCUT2D eigenvalue weighted by molar-refractivity contribution is 5.80. The number of aromatic nitrogens is 5. The van der Waals surface area contributed by atoms with Crippen LogP contribution in [0.2, 0.25) is 0 Å². The van der Waals surface area contributed by atoms with Gasteiger partial charge in [-0.25, -0.2) is 19.6 Å². The monoisotopic (exact) mass is 324 g/mol. The standard InChI is InChI=1S/C18H24N6/c1-12(2)8-19-16-7-15(21-11-22-16)13-6-14-10-23-24(18(3,4)5)17(14)20-9-13/h6-7,9-12H,8H2,1-5H3,(H,19,21,22). The molecule has 0 radical (unpaired) electrons. The molecule has 0 bridgehead atoms. The number of nitrogens with zero attached hydrogens (tertiary/aromatic N) is 5. The maximum Gasteiger partial charge on any atom is 0.158 e. The largest absolute Gasteiger partial charge is 0.370 e. The third-order valence-corrected chi connectivity index (χ3v) is 3.70. The van der Waals surface area contributed by atoms with E-state index < -0.39 is 0 Å². The molecule has 6 heteroatoms. The van der Waals surface area contributed by atoms with Crippen molar-refractivity contribution in [3.8, 4) is 11.3 Å². The molecule has 0 saturated heterocycles. The molecule has 0 aliphatic rings. The third-order valence-electron chi connectivity index (χ3n) is 3.70. The van der Waals surface area contributed by atoms with E-state index in [1.807, 2.05) is 23.1 Å². The number of pyridine rings is 1. The smallest absolute Gasteiger partial charge is 0.158 e. The zero-order chi connectivity index (χ0) is 17.3. The van der Waals surface area contributed by atoms with Gasteiger partial charge >= 0.3 is 0 Å². The van der Waals surface area contributed by atoms with E-state index in [4.69, 9.17) is 0 Å². The molecule has 0 aliphatic heterocycles. The Hall–Kier alpha value is -2.50. The Bertz CT molecular complexity index is 844. The molecule has 126 valence electrons. The van der Waals surface area contributed by atoms with E-state index in [1.165, 1.54) is 0 Å². The van der Waals surface area contributed by atoms with Gasteiger partial charge in [0.05, 0.1) is 17.4 Å². The molecular formula is C18H24N6. The van der Waals surface area contributed by atoms with Crippen molar-refractivity contribution in [2.75, 3.05) is 11.9 Å². The minimum absolute atomic E-state index is 0.0981. The summed E-state index contributed by atoms with van der Waals surface area (Å²) in [5, 5.41) is 8.82. The molecule has 24 heavy (non-hydrogen) atoms. The first kappa shape index (κ1) is 16.4. The van der Waals surface area contributed by atoms with Crippen LogP contribution in [0.5, 0.6) is 0 Å². The molecule has 0 spiro atoms. The minimum Gasteiger partial charge on any atom is -0.370 e. The van der Waals surface area contributed by atoms with Crippen LogP contribution in [0.1, 0.15) is 34.6 Å². The average Bonchev–Trinajstić information content (AvgIpc) is 2.96. The first-order valence-corrected chi connectivity index (χ1v) is 8.25. The zero-order valence-corrected chi connectivity index (χ0v) is 14.9. The second-order valence-electron chi connectivity index (χ2n) is 7.43. The summed E-state index contributed by atoms with van der Waals surface area (Å²) in [7, 11) is 0. The molecule has 3 aromatic rings. The Morgan fingerprint density at radius 1 is 1.08 bits per heavy atom. The van der Waals surface area contributed by atoms with E-state index in [1.54, 1.807) is 6.33 Å². The molecular weight excluding hydrogens is 300 g/mol. The second-order valence-corrected chi connectivity index (χ2v) is 7.43. The number of hydrogen-bond donors (Lipinski definition) is 1. The van der Waals surface area contributed by atoms with Gasteiger partial charge in [-0.15, -0.1) is 0 Å². The Morgan fingerprint density at radius 3 is 2.58 bits per heavy atom. The van der Waals surface area contributed by atoms with E-state index in [0.29, 0.717) is 5.92 Å². The summed E-state index contributed by atoms with van der Waals surface area (Å²) in [4.78, 5) is 13.3. The van der Waals surface area contributed by atoms with Gasteiger partial charge in [-0.05, 0) is 32.8 Å². The van der Waals surface area contributed by atoms with Crippen molar-refractivity contribution in [2.45, 2.75) is 40.2 Å². The fourth-order valence-electron chi connectivity index (χ4n) is 2.47. The number of rotatable bonds is 4. The van der Waals surface area contributed by atoms with Crippen molar-refractivity contribution in [1.82, 2.24) is 24.7 Å². The Balaban J connectivity index is 1.94. The van der Waals surface area contributed by atoms with E-state index in [0.717, 1.165) is 34.7 Å². The van der Waals surface area contributed by atoms with Crippen LogP contribution in [0, 0.1) is 5.92 Å². The Kier molecular flexibility index (Phi) is 4.22. The van der Waals surface area contributed by atoms with Crippen molar-refractivity contribution >= 4 is 16.9 Å². The fourth-order valence-corrected chi connectivity index (χ4v) is 2.47. The summed E-state index contributed by atoms with van der Waals surface area (Å²) in [5.74, 6) is 1.39. The minimum atomic E-state index is -0.0981. The van der Waals surface area contributed by atoms with E-state index in [-0.39, 0.29) is 5.54 Å². The molecule has 0 amide bonds. The van der Waals surface area contributed by atoms with Gasteiger partial charge in [0.25, 0.3) is 0 Å². The molecule has 0 fully saturated rings. The molecule has 0 atom stereocenters. The summed E-state index contributed by atoms with van der Waals surface area (Å²) in [6.07, 6.45) is 5.29. The normalized spacial score (nSPS) is 12.1. The highest BCUT2D eigenvalue weighted by Crippen LogP contribution is 2.25. The van der Waals surface area contributed by atoms with Crippen LogP contribution >= 0.6 is 0 Å². The summed E-state index contributed by atoms with van der Waals surface area (Å²) in [6, 6.07) is 4.03. The first-order chi connectivity index (χ1) is 11.3. The van der Waals surface area contributed by atoms with Gasteiger partial charge < -0.3 is 5.32 Å². The lowest BCUT2D eigenvalue weighted by atomic mass is 10.1. The predicted octanol–water partition coefficient (Wildman–Crippen LogP) is 3.71. The van der Waals surface area contributed by atoms with Gasteiger partial charge in [-0.2, -0.15) is 5.10 Å². The number of hydrogen-bond acceptors (Lipinski definition) is 5. The van der Waals surface area contributed by atoms with E-state index >= 15 is 0 Å². The maximum atomic E-state index is 4.61. The molecule has 6 nitrogen and oxygen atoms in total. The number of anilines is 1. The van der Waals surface area contributed by atoms with Crippen LogP contribution in [-0.4, -0.2) is 31.3 Å². The van der Waals surface area contributed by atoms with Crippen molar-refractivity contribution < 1.29 is 0 Å². The van der Waals surface area contributed by atoms with Gasteiger partial charge in [0, 0.05) is 29.8 Å². The molecule has 0 aromatic carbocycles. The highest BCUT2D eigenvalue weighted by Gasteiger charge is 2.18. The lowest BCUT2D eigenvalue weighted by molar-refractivity contribution is 0.366. The second kappa shape index (κ2) is 6.19. The topological polar surface area (TPSA) is 68.5 Å². The summed E-state index contributed by atoms with van der Waals surface area (Å²) in [5.41, 5.74) is 2.61. The van der Waals surface area contributed by atoms with Gasteiger partial charge in [-0.3, -0.25) is 0 Å². The SMILES string of the molecule is CC(C)CNc1cc(-c2cnc3c(cnn3C(C)(C)C)c2)ncn1. The average molecular weight is 324 g/mol. The van der Waals surface area contributed by atoms with Crippen LogP contribution in [0.3, 0.4) is 0 Å². The Morgan fingerprint density at radius 2 is 1.88 bits per heavy atom. The van der Waals surface area contributed by atoms with Crippen molar-refractivity contribution in [3.05, 3.63) is 30.9 Å². The number of nitrogens with one attached hydrogen (secondary N) is 1. The quantitative estimate of drug-likeness (QED) is 0.792. The lowest BCUT2D eigenvalue weighted by Crippen LogP contribution is -2.23. The van der Waals surface area contributed by atoms with Crippen LogP contribution in [0.25, 0.3) is 22.3 Å². The predicted molar refractivity (Wildman–Crippen MR) is 96.9 cm³/mol. The zero-order valence-electron chi connectivity index (χ0n) is 14.9. The summed E-state index contributed by atoms with van der Waals surface area (Å²) < 4.78 is 1.95. The molecule has 1 N–H and O–H groups in total. The van der Waals surface area contributed by atoms with Crippen LogP contribution in [0.4, 0.5) is 5.82 Å². The molecule has 0 saturated carbocycles. The lowest BCUT2D eigenvalue weighted by Gasteiger charge is -2.19. The van der Waals surface area contributed by atoms with E-state index in [2.05, 4.69) is 66.1 Å². The molecule has 3 heterocycles. The maximum absolute atomic E-state index is 4.61. The summed E-state index contributed by atoms with van der Waals surface area (Å²) >= 11 is 0. The Labute approximate surface area is 142 Å².